The van der Waals surface area contributed by atoms with Crippen LogP contribution in [0.4, 0.5) is 0 Å². The van der Waals surface area contributed by atoms with Crippen LogP contribution in [0.5, 0.6) is 0 Å². The predicted molar refractivity (Wildman–Crippen MR) is 51.1 cm³/mol. The van der Waals surface area contributed by atoms with E-state index in [2.05, 4.69) is 22.5 Å². The highest BCUT2D eigenvalue weighted by atomic mass is 16.5. The van der Waals surface area contributed by atoms with E-state index in [0.29, 0.717) is 0 Å². The van der Waals surface area contributed by atoms with Crippen molar-refractivity contribution in [3.63, 3.8) is 0 Å². The van der Waals surface area contributed by atoms with Crippen molar-refractivity contribution in [3.8, 4) is 0 Å². The average molecular weight is 187 g/mol. The maximum atomic E-state index is 11.5. The number of nitrogens with one attached hydrogen (secondary N) is 3. The maximum Gasteiger partial charge on any atom is 0.357 e. The number of carbonyl (C=O) groups is 1. The van der Waals surface area contributed by atoms with Crippen molar-refractivity contribution in [2.24, 2.45) is 0 Å². The Bertz CT molecular complexity index is 170. The molecule has 0 fully saturated rings. The minimum Gasteiger partial charge on any atom is -0.458 e. The first-order valence-corrected chi connectivity index (χ1v) is 4.01. The van der Waals surface area contributed by atoms with E-state index >= 15 is 0 Å². The summed E-state index contributed by atoms with van der Waals surface area (Å²) in [7, 11) is 4.96. The summed E-state index contributed by atoms with van der Waals surface area (Å²) in [6.07, 6.45) is 1.52. The lowest BCUT2D eigenvalue weighted by atomic mass is 10.3. The smallest absolute Gasteiger partial charge is 0.357 e. The SMILES string of the molecule is C=CCOC(=O)C(NC)(NC)NC. The Balaban J connectivity index is 4.34. The van der Waals surface area contributed by atoms with Crippen LogP contribution in [0, 0.1) is 0 Å². The molecule has 0 aliphatic rings. The van der Waals surface area contributed by atoms with E-state index in [0.717, 1.165) is 0 Å². The van der Waals surface area contributed by atoms with Crippen molar-refractivity contribution in [3.05, 3.63) is 12.7 Å². The van der Waals surface area contributed by atoms with Gasteiger partial charge >= 0.3 is 5.97 Å². The second-order valence-corrected chi connectivity index (χ2v) is 2.39. The summed E-state index contributed by atoms with van der Waals surface area (Å²) >= 11 is 0. The van der Waals surface area contributed by atoms with E-state index in [9.17, 15) is 4.79 Å². The first kappa shape index (κ1) is 12.1. The standard InChI is InChI=1S/C8H17N3O2/c1-5-6-13-7(12)8(9-2,10-3)11-4/h5,9-11H,1,6H2,2-4H3. The van der Waals surface area contributed by atoms with Crippen LogP contribution in [0.1, 0.15) is 0 Å². The van der Waals surface area contributed by atoms with E-state index in [1.54, 1.807) is 21.1 Å². The molecule has 3 N–H and O–H groups in total. The Morgan fingerprint density at radius 3 is 2.15 bits per heavy atom. The molecule has 0 radical (unpaired) electrons. The van der Waals surface area contributed by atoms with Crippen LogP contribution in [-0.2, 0) is 9.53 Å². The van der Waals surface area contributed by atoms with E-state index in [4.69, 9.17) is 4.74 Å². The Hall–Kier alpha value is -0.910. The largest absolute Gasteiger partial charge is 0.458 e. The van der Waals surface area contributed by atoms with Gasteiger partial charge in [0, 0.05) is 0 Å². The summed E-state index contributed by atoms with van der Waals surface area (Å²) in [6, 6.07) is 0. The van der Waals surface area contributed by atoms with Gasteiger partial charge < -0.3 is 4.74 Å². The number of carbonyl (C=O) groups excluding carboxylic acids is 1. The molecule has 0 saturated carbocycles. The van der Waals surface area contributed by atoms with Gasteiger partial charge in [0.1, 0.15) is 6.61 Å². The van der Waals surface area contributed by atoms with Crippen LogP contribution in [0.3, 0.4) is 0 Å². The van der Waals surface area contributed by atoms with Crippen LogP contribution < -0.4 is 16.0 Å². The Labute approximate surface area is 78.5 Å². The van der Waals surface area contributed by atoms with Gasteiger partial charge in [-0.3, -0.25) is 16.0 Å². The molecular formula is C8H17N3O2. The lowest BCUT2D eigenvalue weighted by Gasteiger charge is -2.29. The third-order valence-electron chi connectivity index (χ3n) is 1.76. The highest BCUT2D eigenvalue weighted by Gasteiger charge is 2.34. The number of esters is 1. The number of likely N-dealkylation sites (N-methyl/N-ethyl adjacent to an activating group) is 3. The van der Waals surface area contributed by atoms with Gasteiger partial charge in [-0.25, -0.2) is 4.79 Å². The third-order valence-corrected chi connectivity index (χ3v) is 1.76. The first-order valence-electron chi connectivity index (χ1n) is 4.01. The molecule has 0 bridgehead atoms. The van der Waals surface area contributed by atoms with E-state index in [-0.39, 0.29) is 6.61 Å². The van der Waals surface area contributed by atoms with Crippen molar-refractivity contribution in [1.29, 1.82) is 0 Å². The zero-order chi connectivity index (χ0) is 10.3. The molecule has 0 aromatic rings. The fourth-order valence-corrected chi connectivity index (χ4v) is 0.924. The summed E-state index contributed by atoms with van der Waals surface area (Å²) in [5.74, 6) is -1.44. The minimum atomic E-state index is -1.02. The summed E-state index contributed by atoms with van der Waals surface area (Å²) in [5.41, 5.74) is 0. The molecule has 13 heavy (non-hydrogen) atoms. The van der Waals surface area contributed by atoms with Gasteiger partial charge in [0.05, 0.1) is 0 Å². The van der Waals surface area contributed by atoms with Gasteiger partial charge in [-0.1, -0.05) is 12.7 Å². The number of ether oxygens (including phenoxy) is 1. The van der Waals surface area contributed by atoms with Crippen LogP contribution >= 0.6 is 0 Å². The highest BCUT2D eigenvalue weighted by Crippen LogP contribution is 1.96. The summed E-state index contributed by atoms with van der Waals surface area (Å²) < 4.78 is 4.88. The van der Waals surface area contributed by atoms with Crippen molar-refractivity contribution in [2.45, 2.75) is 5.79 Å². The molecule has 5 heteroatoms. The van der Waals surface area contributed by atoms with Crippen molar-refractivity contribution in [2.75, 3.05) is 27.7 Å². The molecular weight excluding hydrogens is 170 g/mol. The van der Waals surface area contributed by atoms with Crippen LogP contribution in [0.25, 0.3) is 0 Å². The second-order valence-electron chi connectivity index (χ2n) is 2.39. The Morgan fingerprint density at radius 1 is 1.38 bits per heavy atom. The van der Waals surface area contributed by atoms with Gasteiger partial charge in [-0.15, -0.1) is 0 Å². The monoisotopic (exact) mass is 187 g/mol. The van der Waals surface area contributed by atoms with Crippen molar-refractivity contribution < 1.29 is 9.53 Å². The molecule has 0 aromatic heterocycles. The molecule has 0 spiro atoms. The molecule has 0 rings (SSSR count). The molecule has 0 atom stereocenters. The molecule has 0 aromatic carbocycles. The molecule has 76 valence electrons. The number of hydrogen-bond acceptors (Lipinski definition) is 5. The zero-order valence-electron chi connectivity index (χ0n) is 8.31. The van der Waals surface area contributed by atoms with E-state index in [1.807, 2.05) is 0 Å². The van der Waals surface area contributed by atoms with Crippen molar-refractivity contribution >= 4 is 5.97 Å². The Morgan fingerprint density at radius 2 is 1.85 bits per heavy atom. The average Bonchev–Trinajstić information content (AvgIpc) is 2.18. The third kappa shape index (κ3) is 2.80. The van der Waals surface area contributed by atoms with Gasteiger partial charge in [-0.2, -0.15) is 0 Å². The maximum absolute atomic E-state index is 11.5. The molecule has 0 unspecified atom stereocenters. The lowest BCUT2D eigenvalue weighted by Crippen LogP contribution is -2.68. The van der Waals surface area contributed by atoms with Crippen LogP contribution in [0.15, 0.2) is 12.7 Å². The zero-order valence-corrected chi connectivity index (χ0v) is 8.31. The molecule has 0 heterocycles. The van der Waals surface area contributed by atoms with Crippen molar-refractivity contribution in [1.82, 2.24) is 16.0 Å². The van der Waals surface area contributed by atoms with E-state index < -0.39 is 11.8 Å². The summed E-state index contributed by atoms with van der Waals surface area (Å²) in [6.45, 7) is 3.65. The summed E-state index contributed by atoms with van der Waals surface area (Å²) in [5, 5.41) is 8.38. The molecule has 5 nitrogen and oxygen atoms in total. The van der Waals surface area contributed by atoms with Gasteiger partial charge in [0.15, 0.2) is 0 Å². The minimum absolute atomic E-state index is 0.200. The van der Waals surface area contributed by atoms with Gasteiger partial charge in [0.2, 0.25) is 5.79 Å². The Kier molecular flexibility index (Phi) is 5.29. The van der Waals surface area contributed by atoms with Gasteiger partial charge in [0.25, 0.3) is 0 Å². The second kappa shape index (κ2) is 5.69. The first-order chi connectivity index (χ1) is 6.16. The molecule has 0 aliphatic heterocycles. The fourth-order valence-electron chi connectivity index (χ4n) is 0.924. The number of rotatable bonds is 6. The summed E-state index contributed by atoms with van der Waals surface area (Å²) in [4.78, 5) is 11.5. The normalized spacial score (nSPS) is 11.0. The quantitative estimate of drug-likeness (QED) is 0.284. The van der Waals surface area contributed by atoms with Crippen LogP contribution in [0.2, 0.25) is 0 Å². The molecule has 0 aliphatic carbocycles. The number of hydrogen-bond donors (Lipinski definition) is 3. The molecule has 0 saturated heterocycles. The molecule has 0 amide bonds. The fraction of sp³-hybridized carbons (Fsp3) is 0.625. The predicted octanol–water partition coefficient (Wildman–Crippen LogP) is -0.972. The highest BCUT2D eigenvalue weighted by molar-refractivity contribution is 5.79. The van der Waals surface area contributed by atoms with E-state index in [1.165, 1.54) is 6.08 Å². The van der Waals surface area contributed by atoms with Gasteiger partial charge in [-0.05, 0) is 21.1 Å². The topological polar surface area (TPSA) is 62.4 Å². The lowest BCUT2D eigenvalue weighted by molar-refractivity contribution is -0.153. The van der Waals surface area contributed by atoms with Crippen LogP contribution in [-0.4, -0.2) is 39.5 Å².